The summed E-state index contributed by atoms with van der Waals surface area (Å²) in [5.41, 5.74) is 5.92. The van der Waals surface area contributed by atoms with E-state index < -0.39 is 6.10 Å². The summed E-state index contributed by atoms with van der Waals surface area (Å²) in [5, 5.41) is 10.6. The van der Waals surface area contributed by atoms with Crippen molar-refractivity contribution in [3.8, 4) is 0 Å². The number of nitrogens with zero attached hydrogens (tertiary/aromatic N) is 1. The lowest BCUT2D eigenvalue weighted by atomic mass is 9.91. The number of anilines is 1. The van der Waals surface area contributed by atoms with E-state index in [-0.39, 0.29) is 11.9 Å². The Hall–Kier alpha value is -2.13. The standard InChI is InChI=1S/C25H31NO2/c1-2-18-8-5-9-19(16-18)17-20-10-6-15-25(28)26(20)23-13-7-12-22-21(23)11-3-4-14-24(22)27/h5,7-9,12-13,16,20,24,27H,2-4,6,10-11,14-15,17H2,1H3. The number of aliphatic hydroxyl groups excluding tert-OH is 1. The zero-order chi connectivity index (χ0) is 19.5. The van der Waals surface area contributed by atoms with Crippen molar-refractivity contribution in [2.24, 2.45) is 0 Å². The van der Waals surface area contributed by atoms with Crippen LogP contribution in [0, 0.1) is 0 Å². The van der Waals surface area contributed by atoms with E-state index >= 15 is 0 Å². The molecule has 3 heteroatoms. The third-order valence-electron chi connectivity index (χ3n) is 6.39. The monoisotopic (exact) mass is 377 g/mol. The van der Waals surface area contributed by atoms with Crippen LogP contribution in [-0.4, -0.2) is 17.1 Å². The average Bonchev–Trinajstić information content (AvgIpc) is 2.90. The number of carbonyl (C=O) groups excluding carboxylic acids is 1. The number of fused-ring (bicyclic) bond motifs is 1. The maximum Gasteiger partial charge on any atom is 0.227 e. The second-order valence-electron chi connectivity index (χ2n) is 8.29. The van der Waals surface area contributed by atoms with Crippen LogP contribution in [-0.2, 0) is 24.1 Å². The van der Waals surface area contributed by atoms with Crippen LogP contribution in [0.15, 0.2) is 42.5 Å². The highest BCUT2D eigenvalue weighted by Crippen LogP contribution is 2.37. The van der Waals surface area contributed by atoms with Crippen molar-refractivity contribution in [2.75, 3.05) is 4.90 Å². The van der Waals surface area contributed by atoms with E-state index in [1.807, 2.05) is 12.1 Å². The maximum absolute atomic E-state index is 13.0. The summed E-state index contributed by atoms with van der Waals surface area (Å²) < 4.78 is 0. The number of hydrogen-bond acceptors (Lipinski definition) is 2. The van der Waals surface area contributed by atoms with Crippen LogP contribution in [0.5, 0.6) is 0 Å². The van der Waals surface area contributed by atoms with Gasteiger partial charge in [-0.2, -0.15) is 0 Å². The number of amides is 1. The van der Waals surface area contributed by atoms with Gasteiger partial charge in [-0.25, -0.2) is 0 Å². The molecule has 0 radical (unpaired) electrons. The molecule has 2 atom stereocenters. The van der Waals surface area contributed by atoms with Crippen LogP contribution in [0.4, 0.5) is 5.69 Å². The zero-order valence-electron chi connectivity index (χ0n) is 16.9. The van der Waals surface area contributed by atoms with Gasteiger partial charge in [-0.15, -0.1) is 0 Å². The highest BCUT2D eigenvalue weighted by molar-refractivity contribution is 5.95. The highest BCUT2D eigenvalue weighted by Gasteiger charge is 2.32. The van der Waals surface area contributed by atoms with Crippen LogP contribution in [0.25, 0.3) is 0 Å². The fraction of sp³-hybridized carbons (Fsp3) is 0.480. The van der Waals surface area contributed by atoms with E-state index in [1.54, 1.807) is 0 Å². The minimum atomic E-state index is -0.406. The minimum absolute atomic E-state index is 0.195. The second-order valence-corrected chi connectivity index (χ2v) is 8.29. The van der Waals surface area contributed by atoms with Crippen molar-refractivity contribution < 1.29 is 9.90 Å². The first kappa shape index (κ1) is 19.2. The first-order chi connectivity index (χ1) is 13.7. The van der Waals surface area contributed by atoms with Crippen LogP contribution < -0.4 is 4.90 Å². The van der Waals surface area contributed by atoms with Gasteiger partial charge >= 0.3 is 0 Å². The molecule has 28 heavy (non-hydrogen) atoms. The molecule has 1 heterocycles. The normalized spacial score (nSPS) is 22.6. The van der Waals surface area contributed by atoms with Gasteiger partial charge in [0.25, 0.3) is 0 Å². The Labute approximate surface area is 168 Å². The van der Waals surface area contributed by atoms with Crippen LogP contribution in [0.3, 0.4) is 0 Å². The molecule has 0 aromatic heterocycles. The second kappa shape index (κ2) is 8.48. The lowest BCUT2D eigenvalue weighted by molar-refractivity contribution is -0.120. The van der Waals surface area contributed by atoms with Crippen molar-refractivity contribution in [1.82, 2.24) is 0 Å². The molecule has 1 aliphatic carbocycles. The van der Waals surface area contributed by atoms with Crippen molar-refractivity contribution in [2.45, 2.75) is 76.9 Å². The Balaban J connectivity index is 1.69. The molecule has 0 bridgehead atoms. The Morgan fingerprint density at radius 1 is 1.00 bits per heavy atom. The van der Waals surface area contributed by atoms with E-state index in [1.165, 1.54) is 16.7 Å². The Kier molecular flexibility index (Phi) is 5.82. The molecule has 1 fully saturated rings. The summed E-state index contributed by atoms with van der Waals surface area (Å²) in [6.45, 7) is 2.18. The minimum Gasteiger partial charge on any atom is -0.388 e. The van der Waals surface area contributed by atoms with E-state index in [2.05, 4.69) is 42.2 Å². The number of carbonyl (C=O) groups is 1. The Bertz CT molecular complexity index is 844. The van der Waals surface area contributed by atoms with Crippen molar-refractivity contribution >= 4 is 11.6 Å². The number of aliphatic hydroxyl groups is 1. The summed E-state index contributed by atoms with van der Waals surface area (Å²) in [7, 11) is 0. The molecule has 1 aliphatic heterocycles. The van der Waals surface area contributed by atoms with E-state index in [9.17, 15) is 9.90 Å². The molecule has 1 saturated heterocycles. The summed E-state index contributed by atoms with van der Waals surface area (Å²) in [6, 6.07) is 15.1. The molecule has 0 spiro atoms. The molecule has 2 unspecified atom stereocenters. The molecule has 1 amide bonds. The van der Waals surface area contributed by atoms with Crippen molar-refractivity contribution in [3.05, 3.63) is 64.7 Å². The van der Waals surface area contributed by atoms with Gasteiger partial charge in [0.2, 0.25) is 5.91 Å². The number of hydrogen-bond donors (Lipinski definition) is 1. The van der Waals surface area contributed by atoms with E-state index in [0.717, 1.165) is 62.6 Å². The molecule has 4 rings (SSSR count). The van der Waals surface area contributed by atoms with Gasteiger partial charge in [-0.3, -0.25) is 4.79 Å². The molecule has 2 aromatic carbocycles. The molecule has 1 N–H and O–H groups in total. The number of piperidine rings is 1. The molecule has 3 nitrogen and oxygen atoms in total. The van der Waals surface area contributed by atoms with Gasteiger partial charge < -0.3 is 10.0 Å². The molecular formula is C25H31NO2. The summed E-state index contributed by atoms with van der Waals surface area (Å²) in [5.74, 6) is 0.232. The molecule has 2 aliphatic rings. The van der Waals surface area contributed by atoms with Crippen LogP contribution in [0.2, 0.25) is 0 Å². The summed E-state index contributed by atoms with van der Waals surface area (Å²) in [4.78, 5) is 15.1. The van der Waals surface area contributed by atoms with Crippen molar-refractivity contribution in [3.63, 3.8) is 0 Å². The van der Waals surface area contributed by atoms with Gasteiger partial charge in [0.05, 0.1) is 6.10 Å². The number of benzene rings is 2. The first-order valence-corrected chi connectivity index (χ1v) is 10.9. The third kappa shape index (κ3) is 3.86. The lowest BCUT2D eigenvalue weighted by Gasteiger charge is -2.37. The fourth-order valence-corrected chi connectivity index (χ4v) is 4.91. The van der Waals surface area contributed by atoms with Crippen LogP contribution in [0.1, 0.15) is 73.8 Å². The molecule has 0 saturated carbocycles. The highest BCUT2D eigenvalue weighted by atomic mass is 16.3. The Morgan fingerprint density at radius 2 is 1.82 bits per heavy atom. The first-order valence-electron chi connectivity index (χ1n) is 10.9. The quantitative estimate of drug-likeness (QED) is 0.750. The fourth-order valence-electron chi connectivity index (χ4n) is 4.91. The van der Waals surface area contributed by atoms with E-state index in [4.69, 9.17) is 0 Å². The predicted molar refractivity (Wildman–Crippen MR) is 114 cm³/mol. The Morgan fingerprint density at radius 3 is 2.68 bits per heavy atom. The largest absolute Gasteiger partial charge is 0.388 e. The summed E-state index contributed by atoms with van der Waals surface area (Å²) in [6.07, 6.45) is 8.02. The van der Waals surface area contributed by atoms with Gasteiger partial charge in [0.15, 0.2) is 0 Å². The SMILES string of the molecule is CCc1cccc(CC2CCCC(=O)N2c2cccc3c2CCCCC3O)c1. The smallest absolute Gasteiger partial charge is 0.227 e. The van der Waals surface area contributed by atoms with Gasteiger partial charge in [-0.05, 0) is 73.3 Å². The van der Waals surface area contributed by atoms with Gasteiger partial charge in [0.1, 0.15) is 0 Å². The predicted octanol–water partition coefficient (Wildman–Crippen LogP) is 5.14. The summed E-state index contributed by atoms with van der Waals surface area (Å²) >= 11 is 0. The molecule has 148 valence electrons. The third-order valence-corrected chi connectivity index (χ3v) is 6.39. The molecular weight excluding hydrogens is 346 g/mol. The topological polar surface area (TPSA) is 40.5 Å². The van der Waals surface area contributed by atoms with Gasteiger partial charge in [-0.1, -0.05) is 49.7 Å². The van der Waals surface area contributed by atoms with Gasteiger partial charge in [0, 0.05) is 18.2 Å². The van der Waals surface area contributed by atoms with Crippen LogP contribution >= 0.6 is 0 Å². The average molecular weight is 378 g/mol. The lowest BCUT2D eigenvalue weighted by Crippen LogP contribution is -2.45. The number of aryl methyl sites for hydroxylation is 1. The number of rotatable bonds is 4. The zero-order valence-corrected chi connectivity index (χ0v) is 16.9. The molecule has 2 aromatic rings. The van der Waals surface area contributed by atoms with E-state index in [0.29, 0.717) is 6.42 Å². The van der Waals surface area contributed by atoms with Crippen molar-refractivity contribution in [1.29, 1.82) is 0 Å². The maximum atomic E-state index is 13.0.